The highest BCUT2D eigenvalue weighted by Gasteiger charge is 2.17. The second kappa shape index (κ2) is 13.8. The molecule has 0 bridgehead atoms. The highest BCUT2D eigenvalue weighted by Crippen LogP contribution is 2.44. The first kappa shape index (κ1) is 31.8. The van der Waals surface area contributed by atoms with Crippen LogP contribution in [-0.2, 0) is 0 Å². The first-order valence-corrected chi connectivity index (χ1v) is 17.5. The predicted molar refractivity (Wildman–Crippen MR) is 221 cm³/mol. The molecule has 0 amide bonds. The average molecular weight is 655 g/mol. The summed E-state index contributed by atoms with van der Waals surface area (Å²) in [5.74, 6) is 0. The Labute approximate surface area is 299 Å². The Morgan fingerprint density at radius 2 is 1.04 bits per heavy atom. The molecule has 0 spiro atoms. The van der Waals surface area contributed by atoms with Gasteiger partial charge >= 0.3 is 0 Å². The van der Waals surface area contributed by atoms with E-state index in [2.05, 4.69) is 154 Å². The molecule has 0 aliphatic carbocycles. The van der Waals surface area contributed by atoms with Crippen LogP contribution in [-0.4, -0.2) is 0 Å². The summed E-state index contributed by atoms with van der Waals surface area (Å²) in [7, 11) is 0. The van der Waals surface area contributed by atoms with Crippen LogP contribution in [0.5, 0.6) is 0 Å². The van der Waals surface area contributed by atoms with Crippen molar-refractivity contribution in [3.8, 4) is 33.4 Å². The Bertz CT molecular complexity index is 2620. The van der Waals surface area contributed by atoms with Crippen molar-refractivity contribution in [3.63, 3.8) is 0 Å². The smallest absolute Gasteiger partial charge is 0.143 e. The standard InChI is InChI=1S/C50H38O/c1-4-5-6-7-15-34(2)24-25-35(3)36-26-30-38(31-27-36)48-42-17-8-10-19-44(42)49(45-20-11-9-18-43(45)48)39-32-28-37(29-33-39)40-21-14-22-46-41-16-12-13-23-47(41)51-50(40)46/h5-33H,2-4H2,1H3/b6-5-,15-7-,25-24-. The van der Waals surface area contributed by atoms with Gasteiger partial charge in [-0.25, -0.2) is 0 Å². The summed E-state index contributed by atoms with van der Waals surface area (Å²) in [5.41, 5.74) is 11.9. The van der Waals surface area contributed by atoms with E-state index in [1.165, 1.54) is 43.8 Å². The Balaban J connectivity index is 1.17. The lowest BCUT2D eigenvalue weighted by molar-refractivity contribution is 0.670. The SMILES string of the molecule is C=C(/C=C\C=C/CC)/C=C\C(=C)c1ccc(-c2c3ccccc3c(-c3ccc(-c4cccc5c4oc4ccccc45)cc3)c3ccccc23)cc1. The van der Waals surface area contributed by atoms with Crippen molar-refractivity contribution in [1.82, 2.24) is 0 Å². The van der Waals surface area contributed by atoms with Gasteiger partial charge in [0.2, 0.25) is 0 Å². The summed E-state index contributed by atoms with van der Waals surface area (Å²) in [6.45, 7) is 10.6. The topological polar surface area (TPSA) is 13.1 Å². The Morgan fingerprint density at radius 1 is 0.510 bits per heavy atom. The largest absolute Gasteiger partial charge is 0.455 e. The molecule has 0 atom stereocenters. The van der Waals surface area contributed by atoms with E-state index in [0.717, 1.165) is 56.2 Å². The predicted octanol–water partition coefficient (Wildman–Crippen LogP) is 14.5. The fourth-order valence-electron chi connectivity index (χ4n) is 7.15. The molecule has 244 valence electrons. The van der Waals surface area contributed by atoms with Crippen LogP contribution in [0.15, 0.2) is 199 Å². The zero-order valence-corrected chi connectivity index (χ0v) is 28.8. The lowest BCUT2D eigenvalue weighted by Gasteiger charge is -2.18. The van der Waals surface area contributed by atoms with Crippen LogP contribution in [0, 0.1) is 0 Å². The van der Waals surface area contributed by atoms with Crippen molar-refractivity contribution in [3.05, 3.63) is 200 Å². The molecule has 0 saturated carbocycles. The number of fused-ring (bicyclic) bond motifs is 5. The van der Waals surface area contributed by atoms with Crippen molar-refractivity contribution in [2.24, 2.45) is 0 Å². The highest BCUT2D eigenvalue weighted by atomic mass is 16.3. The molecule has 8 aromatic rings. The molecule has 0 aliphatic heterocycles. The monoisotopic (exact) mass is 654 g/mol. The van der Waals surface area contributed by atoms with Crippen molar-refractivity contribution < 1.29 is 4.42 Å². The molecule has 0 saturated heterocycles. The second-order valence-electron chi connectivity index (χ2n) is 12.9. The van der Waals surface area contributed by atoms with Gasteiger partial charge in [-0.2, -0.15) is 0 Å². The fraction of sp³-hybridized carbons (Fsp3) is 0.0400. The number of benzene rings is 7. The Hall–Kier alpha value is -6.44. The Morgan fingerprint density at radius 3 is 1.65 bits per heavy atom. The maximum Gasteiger partial charge on any atom is 0.143 e. The van der Waals surface area contributed by atoms with Crippen molar-refractivity contribution >= 4 is 49.1 Å². The lowest BCUT2D eigenvalue weighted by Crippen LogP contribution is -1.91. The van der Waals surface area contributed by atoms with Gasteiger partial charge in [-0.3, -0.25) is 0 Å². The van der Waals surface area contributed by atoms with Crippen LogP contribution in [0.25, 0.3) is 82.4 Å². The van der Waals surface area contributed by atoms with Gasteiger partial charge in [-0.05, 0) is 78.6 Å². The summed E-state index contributed by atoms with van der Waals surface area (Å²) in [6.07, 6.45) is 13.3. The third-order valence-corrected chi connectivity index (χ3v) is 9.66. The van der Waals surface area contributed by atoms with Gasteiger partial charge in [0.15, 0.2) is 0 Å². The van der Waals surface area contributed by atoms with Gasteiger partial charge in [0.1, 0.15) is 11.2 Å². The maximum atomic E-state index is 6.37. The second-order valence-corrected chi connectivity index (χ2v) is 12.9. The van der Waals surface area contributed by atoms with Crippen LogP contribution < -0.4 is 0 Å². The summed E-state index contributed by atoms with van der Waals surface area (Å²) in [5, 5.41) is 7.21. The van der Waals surface area contributed by atoms with Gasteiger partial charge in [0, 0.05) is 16.3 Å². The van der Waals surface area contributed by atoms with Crippen molar-refractivity contribution in [2.45, 2.75) is 13.3 Å². The molecular formula is C50H38O. The summed E-state index contributed by atoms with van der Waals surface area (Å²) in [4.78, 5) is 0. The molecular weight excluding hydrogens is 617 g/mol. The quantitative estimate of drug-likeness (QED) is 0.111. The third kappa shape index (κ3) is 6.05. The molecule has 1 heterocycles. The number of allylic oxidation sites excluding steroid dienone is 8. The number of hydrogen-bond acceptors (Lipinski definition) is 1. The van der Waals surface area contributed by atoms with E-state index in [1.54, 1.807) is 0 Å². The molecule has 0 unspecified atom stereocenters. The lowest BCUT2D eigenvalue weighted by atomic mass is 9.85. The number of furan rings is 1. The number of rotatable bonds is 9. The fourth-order valence-corrected chi connectivity index (χ4v) is 7.15. The first-order valence-electron chi connectivity index (χ1n) is 17.5. The van der Waals surface area contributed by atoms with Crippen molar-refractivity contribution in [1.29, 1.82) is 0 Å². The average Bonchev–Trinajstić information content (AvgIpc) is 3.57. The summed E-state index contributed by atoms with van der Waals surface area (Å²) in [6, 6.07) is 50.0. The van der Waals surface area contributed by atoms with Crippen molar-refractivity contribution in [2.75, 3.05) is 0 Å². The molecule has 1 heteroatoms. The van der Waals surface area contributed by atoms with E-state index in [0.29, 0.717) is 0 Å². The molecule has 7 aromatic carbocycles. The van der Waals surface area contributed by atoms with Crippen LogP contribution >= 0.6 is 0 Å². The molecule has 8 rings (SSSR count). The van der Waals surface area contributed by atoms with E-state index in [1.807, 2.05) is 42.5 Å². The van der Waals surface area contributed by atoms with E-state index in [-0.39, 0.29) is 0 Å². The molecule has 0 radical (unpaired) electrons. The Kier molecular flexibility index (Phi) is 8.62. The number of hydrogen-bond donors (Lipinski definition) is 0. The van der Waals surface area contributed by atoms with Crippen LogP contribution in [0.2, 0.25) is 0 Å². The first-order chi connectivity index (χ1) is 25.1. The van der Waals surface area contributed by atoms with E-state index in [4.69, 9.17) is 4.42 Å². The minimum atomic E-state index is 0.913. The highest BCUT2D eigenvalue weighted by molar-refractivity contribution is 6.21. The maximum absolute atomic E-state index is 6.37. The zero-order chi connectivity index (χ0) is 34.7. The molecule has 0 N–H and O–H groups in total. The zero-order valence-electron chi connectivity index (χ0n) is 28.8. The number of para-hydroxylation sites is 2. The molecule has 51 heavy (non-hydrogen) atoms. The van der Waals surface area contributed by atoms with E-state index < -0.39 is 0 Å². The molecule has 1 nitrogen and oxygen atoms in total. The minimum Gasteiger partial charge on any atom is -0.455 e. The normalized spacial score (nSPS) is 12.0. The van der Waals surface area contributed by atoms with Crippen LogP contribution in [0.4, 0.5) is 0 Å². The van der Waals surface area contributed by atoms with Crippen LogP contribution in [0.1, 0.15) is 18.9 Å². The molecule has 1 aromatic heterocycles. The van der Waals surface area contributed by atoms with E-state index >= 15 is 0 Å². The van der Waals surface area contributed by atoms with Gasteiger partial charge in [-0.1, -0.05) is 190 Å². The van der Waals surface area contributed by atoms with Gasteiger partial charge in [0.05, 0.1) is 0 Å². The summed E-state index contributed by atoms with van der Waals surface area (Å²) >= 11 is 0. The van der Waals surface area contributed by atoms with Crippen LogP contribution in [0.3, 0.4) is 0 Å². The van der Waals surface area contributed by atoms with E-state index in [9.17, 15) is 0 Å². The van der Waals surface area contributed by atoms with Gasteiger partial charge in [0.25, 0.3) is 0 Å². The molecule has 0 fully saturated rings. The van der Waals surface area contributed by atoms with Gasteiger partial charge < -0.3 is 4.42 Å². The van der Waals surface area contributed by atoms with Gasteiger partial charge in [-0.15, -0.1) is 0 Å². The minimum absolute atomic E-state index is 0.913. The summed E-state index contributed by atoms with van der Waals surface area (Å²) < 4.78 is 6.37. The molecule has 0 aliphatic rings. The third-order valence-electron chi connectivity index (χ3n) is 9.66.